The van der Waals surface area contributed by atoms with Gasteiger partial charge in [0.05, 0.1) is 15.5 Å². The van der Waals surface area contributed by atoms with Gasteiger partial charge in [-0.05, 0) is 69.0 Å². The summed E-state index contributed by atoms with van der Waals surface area (Å²) >= 11 is 3.26. The van der Waals surface area contributed by atoms with E-state index in [4.69, 9.17) is 14.1 Å². The fourth-order valence-corrected chi connectivity index (χ4v) is 11.8. The topological polar surface area (TPSA) is 84.6 Å². The molecule has 1 fully saturated rings. The summed E-state index contributed by atoms with van der Waals surface area (Å²) in [6.07, 6.45) is 1.14. The monoisotopic (exact) mass is 544 g/mol. The summed E-state index contributed by atoms with van der Waals surface area (Å²) in [7, 11) is -0.714. The van der Waals surface area contributed by atoms with Crippen LogP contribution in [-0.2, 0) is 4.74 Å². The molecule has 1 aliphatic carbocycles. The third-order valence-corrected chi connectivity index (χ3v) is 13.1. The maximum Gasteiger partial charge on any atom is 0.412 e. The van der Waals surface area contributed by atoms with E-state index in [0.29, 0.717) is 27.5 Å². The molecular weight excluding hydrogens is 523 g/mol. The van der Waals surface area contributed by atoms with Gasteiger partial charge in [0.2, 0.25) is 5.76 Å². The van der Waals surface area contributed by atoms with Gasteiger partial charge in [0.25, 0.3) is 0 Å². The average molecular weight is 545 g/mol. The van der Waals surface area contributed by atoms with E-state index in [1.165, 1.54) is 16.0 Å². The first-order valence-electron chi connectivity index (χ1n) is 11.9. The molecule has 3 aliphatic rings. The van der Waals surface area contributed by atoms with E-state index in [1.807, 2.05) is 62.4 Å². The summed E-state index contributed by atoms with van der Waals surface area (Å²) in [5.74, 6) is 6.54. The first kappa shape index (κ1) is 22.9. The van der Waals surface area contributed by atoms with Crippen molar-refractivity contribution in [3.05, 3.63) is 70.4 Å². The summed E-state index contributed by atoms with van der Waals surface area (Å²) in [6.45, 7) is 3.84. The van der Waals surface area contributed by atoms with Gasteiger partial charge in [-0.1, -0.05) is 48.2 Å². The van der Waals surface area contributed by atoms with Crippen molar-refractivity contribution in [3.8, 4) is 11.8 Å². The third kappa shape index (κ3) is 3.61. The lowest BCUT2D eigenvalue weighted by Gasteiger charge is -2.24. The first-order chi connectivity index (χ1) is 17.9. The summed E-state index contributed by atoms with van der Waals surface area (Å²) < 4.78 is 14.2. The number of nitrogens with one attached hydrogen (secondary N) is 1. The number of hydrogen-bond donors (Lipinski definition) is 2. The summed E-state index contributed by atoms with van der Waals surface area (Å²) in [4.78, 5) is 17.6. The van der Waals surface area contributed by atoms with E-state index < -0.39 is 19.4 Å². The maximum atomic E-state index is 12.9. The minimum atomic E-state index is -0.714. The number of carbonyl (C=O) groups is 1. The van der Waals surface area contributed by atoms with E-state index in [-0.39, 0.29) is 5.41 Å². The molecule has 0 saturated heterocycles. The number of carbonyl (C=O) groups excluding carboxylic acids is 1. The zero-order valence-corrected chi connectivity index (χ0v) is 22.5. The predicted molar refractivity (Wildman–Crippen MR) is 150 cm³/mol. The van der Waals surface area contributed by atoms with Gasteiger partial charge < -0.3 is 14.3 Å². The average Bonchev–Trinajstić information content (AvgIpc) is 3.41. The number of thioether (sulfide) groups is 1. The van der Waals surface area contributed by atoms with Gasteiger partial charge >= 0.3 is 6.09 Å². The Bertz CT molecular complexity index is 1800. The standard InChI is InChI=1S/C28H21N2O4PS2/c1-15-7-3-4-8-17(15)16(2)33-27(32)30-22-18-9-5-6-10-19(18)34-20(22)11-12-21-29-23-24(36-21)35-25(31)28(13-14-28)26(35)37-23/h3-10,16,31H,13-14H2,1-2H3,(H,30,32). The van der Waals surface area contributed by atoms with Crippen LogP contribution in [0.15, 0.2) is 58.0 Å². The van der Waals surface area contributed by atoms with Gasteiger partial charge in [0.15, 0.2) is 5.01 Å². The molecule has 2 unspecified atom stereocenters. The highest BCUT2D eigenvalue weighted by Gasteiger charge is 2.59. The molecule has 1 saturated carbocycles. The second kappa shape index (κ2) is 8.41. The number of furan rings is 1. The Morgan fingerprint density at radius 2 is 2.00 bits per heavy atom. The summed E-state index contributed by atoms with van der Waals surface area (Å²) in [5.41, 5.74) is 3.77. The van der Waals surface area contributed by atoms with Crippen LogP contribution in [0.25, 0.3) is 11.0 Å². The van der Waals surface area contributed by atoms with Gasteiger partial charge in [-0.2, -0.15) is 0 Å². The zero-order chi connectivity index (χ0) is 25.3. The lowest BCUT2D eigenvalue weighted by atomic mass is 10.1. The second-order valence-corrected chi connectivity index (χ2v) is 14.0. The normalized spacial score (nSPS) is 18.1. The number of amides is 1. The Hall–Kier alpha value is -3.21. The number of nitrogens with zero attached hydrogens (tertiary/aromatic N) is 1. The highest BCUT2D eigenvalue weighted by molar-refractivity contribution is 8.24. The molecule has 2 N–H and O–H groups in total. The van der Waals surface area contributed by atoms with Crippen LogP contribution in [0.3, 0.4) is 0 Å². The van der Waals surface area contributed by atoms with Crippen LogP contribution in [0.4, 0.5) is 10.5 Å². The van der Waals surface area contributed by atoms with Crippen molar-refractivity contribution in [2.75, 3.05) is 5.32 Å². The minimum Gasteiger partial charge on any atom is -0.445 e. The molecule has 2 aliphatic heterocycles. The lowest BCUT2D eigenvalue weighted by molar-refractivity contribution is 0.121. The number of thiazole rings is 1. The number of aromatic nitrogens is 1. The van der Waals surface area contributed by atoms with E-state index in [9.17, 15) is 9.90 Å². The first-order valence-corrected chi connectivity index (χ1v) is 14.9. The Morgan fingerprint density at radius 1 is 1.22 bits per heavy atom. The predicted octanol–water partition coefficient (Wildman–Crippen LogP) is 6.55. The van der Waals surface area contributed by atoms with Crippen LogP contribution < -0.4 is 9.94 Å². The quantitative estimate of drug-likeness (QED) is 0.225. The molecule has 2 aromatic carbocycles. The number of anilines is 1. The number of hydrogen-bond acceptors (Lipinski definition) is 6. The fraction of sp³-hybridized carbons (Fsp3) is 0.214. The Balaban J connectivity index is 1.17. The second-order valence-electron chi connectivity index (χ2n) is 9.36. The Morgan fingerprint density at radius 3 is 2.81 bits per heavy atom. The number of aliphatic hydroxyl groups is 1. The zero-order valence-electron chi connectivity index (χ0n) is 20.0. The molecule has 6 nitrogen and oxygen atoms in total. The van der Waals surface area contributed by atoms with Crippen molar-refractivity contribution in [2.24, 2.45) is 5.41 Å². The van der Waals surface area contributed by atoms with Gasteiger partial charge in [-0.25, -0.2) is 9.78 Å². The summed E-state index contributed by atoms with van der Waals surface area (Å²) in [5, 5.41) is 15.9. The summed E-state index contributed by atoms with van der Waals surface area (Å²) in [6, 6.07) is 15.3. The van der Waals surface area contributed by atoms with E-state index in [0.717, 1.165) is 39.0 Å². The number of ether oxygens (including phenoxy) is 1. The molecule has 4 aromatic rings. The Labute approximate surface area is 222 Å². The lowest BCUT2D eigenvalue weighted by Crippen LogP contribution is -2.28. The number of aliphatic hydroxyl groups excluding tert-OH is 1. The third-order valence-electron chi connectivity index (χ3n) is 6.99. The Kier molecular flexibility index (Phi) is 5.21. The van der Waals surface area contributed by atoms with Crippen molar-refractivity contribution < 1.29 is 19.1 Å². The molecule has 1 spiro atoms. The van der Waals surface area contributed by atoms with Gasteiger partial charge in [0, 0.05) is 10.0 Å². The van der Waals surface area contributed by atoms with Crippen LogP contribution in [0.5, 0.6) is 0 Å². The molecule has 0 bridgehead atoms. The molecule has 7 rings (SSSR count). The molecule has 9 heteroatoms. The van der Waals surface area contributed by atoms with E-state index in [1.54, 1.807) is 11.8 Å². The van der Waals surface area contributed by atoms with Crippen LogP contribution >= 0.6 is 30.3 Å². The maximum absolute atomic E-state index is 12.9. The number of rotatable bonds is 3. The molecule has 1 amide bonds. The minimum absolute atomic E-state index is 0.00277. The molecule has 184 valence electrons. The van der Waals surface area contributed by atoms with Crippen LogP contribution in [0, 0.1) is 24.2 Å². The van der Waals surface area contributed by atoms with Gasteiger partial charge in [-0.15, -0.1) is 11.3 Å². The van der Waals surface area contributed by atoms with Crippen molar-refractivity contribution >= 4 is 67.7 Å². The van der Waals surface area contributed by atoms with Crippen molar-refractivity contribution in [3.63, 3.8) is 0 Å². The molecule has 4 heterocycles. The fourth-order valence-electron chi connectivity index (χ4n) is 4.88. The molecular formula is C28H21N2O4PS2. The molecule has 37 heavy (non-hydrogen) atoms. The number of aryl methyl sites for hydroxylation is 1. The van der Waals surface area contributed by atoms with Crippen molar-refractivity contribution in [2.45, 2.75) is 37.8 Å². The van der Waals surface area contributed by atoms with Gasteiger partial charge in [0.1, 0.15) is 22.4 Å². The van der Waals surface area contributed by atoms with E-state index >= 15 is 0 Å². The SMILES string of the molecule is Cc1ccccc1C(C)OC(=O)Nc1c(C#Cc2nc3c(s2)P2=C(O)C4(CC4)C=2S3)oc2ccccc12. The van der Waals surface area contributed by atoms with Crippen LogP contribution in [-0.4, -0.2) is 26.3 Å². The van der Waals surface area contributed by atoms with Crippen molar-refractivity contribution in [1.29, 1.82) is 0 Å². The van der Waals surface area contributed by atoms with Gasteiger partial charge in [-0.3, -0.25) is 5.32 Å². The number of benzene rings is 2. The number of fused-ring (bicyclic) bond motifs is 4. The molecule has 2 atom stereocenters. The largest absolute Gasteiger partial charge is 0.445 e. The smallest absolute Gasteiger partial charge is 0.412 e. The van der Waals surface area contributed by atoms with E-state index in [2.05, 4.69) is 17.2 Å². The van der Waals surface area contributed by atoms with Crippen molar-refractivity contribution in [1.82, 2.24) is 4.98 Å². The van der Waals surface area contributed by atoms with Crippen LogP contribution in [0.2, 0.25) is 0 Å². The molecule has 0 radical (unpaired) electrons. The molecule has 2 aromatic heterocycles. The highest BCUT2D eigenvalue weighted by atomic mass is 32.2. The highest BCUT2D eigenvalue weighted by Crippen LogP contribution is 2.65. The van der Waals surface area contributed by atoms with Crippen LogP contribution in [0.1, 0.15) is 47.8 Å². The number of para-hydroxylation sites is 1.